The molecule has 7 nitrogen and oxygen atoms in total. The van der Waals surface area contributed by atoms with Crippen LogP contribution in [-0.2, 0) is 0 Å². The second kappa shape index (κ2) is 3.46. The van der Waals surface area contributed by atoms with Crippen molar-refractivity contribution in [1.82, 2.24) is 31.9 Å². The topological polar surface area (TPSA) is 78.5 Å². The molecule has 0 saturated carbocycles. The van der Waals surface area contributed by atoms with Gasteiger partial charge in [-0.25, -0.2) is 10.2 Å². The molecular weight excluding hydrogens is 218 g/mol. The van der Waals surface area contributed by atoms with Crippen molar-refractivity contribution >= 4 is 18.4 Å². The van der Waals surface area contributed by atoms with Gasteiger partial charge in [-0.05, 0) is 27.7 Å². The van der Waals surface area contributed by atoms with Gasteiger partial charge in [-0.1, -0.05) is 0 Å². The summed E-state index contributed by atoms with van der Waals surface area (Å²) in [6.07, 6.45) is 0. The highest BCUT2D eigenvalue weighted by molar-refractivity contribution is 5.85. The molecular formula is C7H18ClN7. The maximum atomic E-state index is 7.76. The third-order valence-electron chi connectivity index (χ3n) is 1.99. The number of nitrogens with zero attached hydrogens (tertiary/aromatic N) is 2. The van der Waals surface area contributed by atoms with Gasteiger partial charge in [0.15, 0.2) is 0 Å². The van der Waals surface area contributed by atoms with E-state index in [1.807, 2.05) is 27.7 Å². The van der Waals surface area contributed by atoms with Crippen molar-refractivity contribution in [3.63, 3.8) is 0 Å². The number of guanidine groups is 1. The van der Waals surface area contributed by atoms with Gasteiger partial charge in [0.05, 0.1) is 0 Å². The summed E-state index contributed by atoms with van der Waals surface area (Å²) >= 11 is 0. The summed E-state index contributed by atoms with van der Waals surface area (Å²) < 4.78 is 0. The number of hydrazine groups is 4. The zero-order valence-corrected chi connectivity index (χ0v) is 10.1. The SMILES string of the molecule is CC1(C)NN(C(=N)N2NC(C)(C)N2)N1.Cl. The van der Waals surface area contributed by atoms with E-state index in [0.717, 1.165) is 0 Å². The zero-order chi connectivity index (χ0) is 10.6. The van der Waals surface area contributed by atoms with Crippen LogP contribution in [-0.4, -0.2) is 27.5 Å². The first-order valence-electron chi connectivity index (χ1n) is 4.59. The summed E-state index contributed by atoms with van der Waals surface area (Å²) in [6, 6.07) is 0. The van der Waals surface area contributed by atoms with Gasteiger partial charge in [-0.2, -0.15) is 21.7 Å². The quantitative estimate of drug-likeness (QED) is 0.287. The van der Waals surface area contributed by atoms with Crippen LogP contribution in [0.1, 0.15) is 27.7 Å². The van der Waals surface area contributed by atoms with E-state index in [1.54, 1.807) is 10.2 Å². The van der Waals surface area contributed by atoms with Crippen LogP contribution in [0.3, 0.4) is 0 Å². The zero-order valence-electron chi connectivity index (χ0n) is 9.30. The van der Waals surface area contributed by atoms with Gasteiger partial charge in [0, 0.05) is 0 Å². The van der Waals surface area contributed by atoms with Crippen LogP contribution >= 0.6 is 12.4 Å². The first-order chi connectivity index (χ1) is 6.29. The average molecular weight is 236 g/mol. The monoisotopic (exact) mass is 235 g/mol. The summed E-state index contributed by atoms with van der Waals surface area (Å²) in [5.41, 5.74) is 12.0. The Labute approximate surface area is 95.4 Å². The largest absolute Gasteiger partial charge is 0.264 e. The summed E-state index contributed by atoms with van der Waals surface area (Å²) in [6.45, 7) is 7.99. The second-order valence-corrected chi connectivity index (χ2v) is 4.69. The maximum absolute atomic E-state index is 7.76. The van der Waals surface area contributed by atoms with Crippen LogP contribution in [0.15, 0.2) is 0 Å². The lowest BCUT2D eigenvalue weighted by molar-refractivity contribution is -0.101. The van der Waals surface area contributed by atoms with Gasteiger partial charge in [-0.3, -0.25) is 5.41 Å². The van der Waals surface area contributed by atoms with E-state index in [-0.39, 0.29) is 23.7 Å². The molecule has 5 N–H and O–H groups in total. The lowest BCUT2D eigenvalue weighted by Gasteiger charge is -2.55. The van der Waals surface area contributed by atoms with Gasteiger partial charge in [0.1, 0.15) is 11.3 Å². The van der Waals surface area contributed by atoms with Crippen molar-refractivity contribution in [1.29, 1.82) is 5.41 Å². The summed E-state index contributed by atoms with van der Waals surface area (Å²) in [5, 5.41) is 10.9. The maximum Gasteiger partial charge on any atom is 0.254 e. The minimum absolute atomic E-state index is 0. The van der Waals surface area contributed by atoms with Crippen molar-refractivity contribution in [2.45, 2.75) is 39.0 Å². The molecule has 2 saturated heterocycles. The predicted molar refractivity (Wildman–Crippen MR) is 59.4 cm³/mol. The van der Waals surface area contributed by atoms with Crippen LogP contribution in [0, 0.1) is 5.41 Å². The minimum atomic E-state index is -0.132. The number of nitrogens with one attached hydrogen (secondary N) is 5. The van der Waals surface area contributed by atoms with E-state index in [4.69, 9.17) is 5.41 Å². The summed E-state index contributed by atoms with van der Waals surface area (Å²) in [5.74, 6) is 0.295. The molecule has 88 valence electrons. The third-order valence-corrected chi connectivity index (χ3v) is 1.99. The molecule has 0 aromatic rings. The highest BCUT2D eigenvalue weighted by Crippen LogP contribution is 2.13. The Bertz CT molecular complexity index is 235. The molecule has 2 aliphatic rings. The van der Waals surface area contributed by atoms with Crippen LogP contribution in [0.25, 0.3) is 0 Å². The number of hydrogen-bond donors (Lipinski definition) is 5. The minimum Gasteiger partial charge on any atom is -0.264 e. The average Bonchev–Trinajstić information content (AvgIpc) is 1.93. The number of rotatable bonds is 0. The van der Waals surface area contributed by atoms with Gasteiger partial charge in [0.2, 0.25) is 0 Å². The predicted octanol–water partition coefficient (Wildman–Crippen LogP) is -0.535. The molecule has 0 aromatic heterocycles. The Morgan fingerprint density at radius 2 is 1.13 bits per heavy atom. The van der Waals surface area contributed by atoms with E-state index in [2.05, 4.69) is 21.7 Å². The Morgan fingerprint density at radius 3 is 1.33 bits per heavy atom. The highest BCUT2D eigenvalue weighted by Gasteiger charge is 2.42. The molecule has 8 heteroatoms. The fourth-order valence-corrected chi connectivity index (χ4v) is 1.43. The van der Waals surface area contributed by atoms with E-state index < -0.39 is 0 Å². The molecule has 0 atom stereocenters. The van der Waals surface area contributed by atoms with Crippen LogP contribution < -0.4 is 21.7 Å². The lowest BCUT2D eigenvalue weighted by Crippen LogP contribution is -2.87. The number of halogens is 1. The fourth-order valence-electron chi connectivity index (χ4n) is 1.43. The lowest BCUT2D eigenvalue weighted by atomic mass is 10.2. The van der Waals surface area contributed by atoms with Crippen molar-refractivity contribution < 1.29 is 0 Å². The molecule has 0 amide bonds. The molecule has 0 spiro atoms. The number of hydrogen-bond acceptors (Lipinski definition) is 5. The molecule has 0 aromatic carbocycles. The molecule has 2 heterocycles. The van der Waals surface area contributed by atoms with Gasteiger partial charge in [-0.15, -0.1) is 12.4 Å². The van der Waals surface area contributed by atoms with Crippen molar-refractivity contribution in [2.24, 2.45) is 0 Å². The molecule has 0 bridgehead atoms. The Kier molecular flexibility index (Phi) is 2.88. The van der Waals surface area contributed by atoms with Crippen molar-refractivity contribution in [3.8, 4) is 0 Å². The first-order valence-corrected chi connectivity index (χ1v) is 4.59. The van der Waals surface area contributed by atoms with Gasteiger partial charge < -0.3 is 0 Å². The molecule has 0 radical (unpaired) electrons. The Morgan fingerprint density at radius 1 is 0.867 bits per heavy atom. The standard InChI is InChI=1S/C7H17N7.ClH/c1-6(2)9-13(10-6)5(8)14-11-7(3,4)12-14;/h8-12H,1-4H3;1H. The molecule has 0 unspecified atom stereocenters. The second-order valence-electron chi connectivity index (χ2n) is 4.69. The van der Waals surface area contributed by atoms with E-state index in [0.29, 0.717) is 5.96 Å². The fraction of sp³-hybridized carbons (Fsp3) is 0.857. The van der Waals surface area contributed by atoms with Crippen LogP contribution in [0.5, 0.6) is 0 Å². The summed E-state index contributed by atoms with van der Waals surface area (Å²) in [7, 11) is 0. The van der Waals surface area contributed by atoms with Gasteiger partial charge in [0.25, 0.3) is 5.96 Å². The first kappa shape index (κ1) is 12.5. The highest BCUT2D eigenvalue weighted by atomic mass is 35.5. The van der Waals surface area contributed by atoms with Crippen LogP contribution in [0.2, 0.25) is 0 Å². The van der Waals surface area contributed by atoms with Gasteiger partial charge >= 0.3 is 0 Å². The molecule has 2 rings (SSSR count). The van der Waals surface area contributed by atoms with Crippen molar-refractivity contribution in [3.05, 3.63) is 0 Å². The Hall–Kier alpha value is -0.600. The smallest absolute Gasteiger partial charge is 0.254 e. The molecule has 2 fully saturated rings. The van der Waals surface area contributed by atoms with E-state index in [9.17, 15) is 0 Å². The van der Waals surface area contributed by atoms with Crippen LogP contribution in [0.4, 0.5) is 0 Å². The van der Waals surface area contributed by atoms with Crippen molar-refractivity contribution in [2.75, 3.05) is 0 Å². The summed E-state index contributed by atoms with van der Waals surface area (Å²) in [4.78, 5) is 0. The molecule has 15 heavy (non-hydrogen) atoms. The normalized spacial score (nSPS) is 26.1. The molecule has 0 aliphatic carbocycles. The molecule has 2 aliphatic heterocycles. The Balaban J connectivity index is 0.00000112. The van der Waals surface area contributed by atoms with E-state index >= 15 is 0 Å². The third kappa shape index (κ3) is 2.32. The van der Waals surface area contributed by atoms with E-state index in [1.165, 1.54) is 0 Å².